The van der Waals surface area contributed by atoms with Gasteiger partial charge in [-0.05, 0) is 171 Å². The molecule has 2 aliphatic carbocycles. The number of aromatic nitrogens is 3. The van der Waals surface area contributed by atoms with Gasteiger partial charge < -0.3 is 18.6 Å². The van der Waals surface area contributed by atoms with Crippen molar-refractivity contribution in [1.29, 1.82) is 0 Å². The molecule has 0 radical (unpaired) electrons. The van der Waals surface area contributed by atoms with Crippen molar-refractivity contribution in [3.8, 4) is 50.4 Å². The maximum atomic E-state index is 2.49. The van der Waals surface area contributed by atoms with Gasteiger partial charge in [-0.3, -0.25) is 0 Å². The second-order valence-electron chi connectivity index (χ2n) is 23.7. The molecule has 0 amide bonds. The summed E-state index contributed by atoms with van der Waals surface area (Å²) in [6, 6.07) is 99.6. The minimum atomic E-state index is -0.275. The van der Waals surface area contributed by atoms with Gasteiger partial charge in [-0.15, -0.1) is 0 Å². The molecular formula is C78H56N4. The Balaban J connectivity index is 0.791. The molecular weight excluding hydrogens is 993 g/mol. The molecule has 0 saturated heterocycles. The molecule has 0 unspecified atom stereocenters. The molecule has 0 fully saturated rings. The van der Waals surface area contributed by atoms with Crippen LogP contribution in [0, 0.1) is 0 Å². The van der Waals surface area contributed by atoms with Crippen LogP contribution in [0.4, 0.5) is 17.1 Å². The molecule has 388 valence electrons. The number of nitrogens with zero attached hydrogens (tertiary/aromatic N) is 4. The Labute approximate surface area is 476 Å². The second kappa shape index (κ2) is 17.2. The molecule has 82 heavy (non-hydrogen) atoms. The summed E-state index contributed by atoms with van der Waals surface area (Å²) in [6.07, 6.45) is 0. The van der Waals surface area contributed by atoms with E-state index in [0.29, 0.717) is 0 Å². The van der Waals surface area contributed by atoms with Gasteiger partial charge >= 0.3 is 0 Å². The van der Waals surface area contributed by atoms with Crippen LogP contribution in [0.15, 0.2) is 267 Å². The average molecular weight is 1050 g/mol. The fourth-order valence-corrected chi connectivity index (χ4v) is 14.6. The summed E-state index contributed by atoms with van der Waals surface area (Å²) in [5.41, 5.74) is 26.6. The predicted molar refractivity (Wildman–Crippen MR) is 345 cm³/mol. The molecule has 4 nitrogen and oxygen atoms in total. The third kappa shape index (κ3) is 6.61. The van der Waals surface area contributed by atoms with Gasteiger partial charge in [-0.1, -0.05) is 179 Å². The van der Waals surface area contributed by atoms with Crippen LogP contribution in [-0.2, 0) is 10.8 Å². The molecule has 15 aromatic rings. The first-order chi connectivity index (χ1) is 40.2. The van der Waals surface area contributed by atoms with Crippen LogP contribution in [0.25, 0.3) is 116 Å². The minimum absolute atomic E-state index is 0.275. The van der Waals surface area contributed by atoms with Crippen molar-refractivity contribution in [3.05, 3.63) is 289 Å². The second-order valence-corrected chi connectivity index (χ2v) is 23.7. The van der Waals surface area contributed by atoms with Gasteiger partial charge in [0.2, 0.25) is 0 Å². The lowest BCUT2D eigenvalue weighted by Gasteiger charge is -2.30. The van der Waals surface area contributed by atoms with Crippen molar-refractivity contribution in [3.63, 3.8) is 0 Å². The molecule has 0 atom stereocenters. The topological polar surface area (TPSA) is 18.0 Å². The molecule has 3 aromatic heterocycles. The molecule has 3 heterocycles. The first-order valence-electron chi connectivity index (χ1n) is 28.7. The number of anilines is 3. The van der Waals surface area contributed by atoms with E-state index in [0.717, 1.165) is 22.7 Å². The predicted octanol–water partition coefficient (Wildman–Crippen LogP) is 20.7. The van der Waals surface area contributed by atoms with E-state index in [-0.39, 0.29) is 10.8 Å². The van der Waals surface area contributed by atoms with E-state index < -0.39 is 0 Å². The molecule has 0 saturated carbocycles. The summed E-state index contributed by atoms with van der Waals surface area (Å²) < 4.78 is 7.28. The Kier molecular flexibility index (Phi) is 9.79. The normalized spacial score (nSPS) is 13.8. The molecule has 17 rings (SSSR count). The Morgan fingerprint density at radius 3 is 1.01 bits per heavy atom. The van der Waals surface area contributed by atoms with Crippen LogP contribution in [0.1, 0.15) is 49.9 Å². The highest BCUT2D eigenvalue weighted by atomic mass is 15.1. The van der Waals surface area contributed by atoms with E-state index in [1.165, 1.54) is 132 Å². The van der Waals surface area contributed by atoms with Gasteiger partial charge in [-0.25, -0.2) is 0 Å². The molecule has 0 N–H and O–H groups in total. The standard InChI is InChI=1S/C78H56N4/c1-77(2)67-45-53(35-39-57(67)59-41-37-55(47-69(59)77)81-71-25-13-8-20-61(71)62-21-9-14-26-72(62)81)79(52-33-30-49(31-34-52)50-32-43-76-66(44-50)65-24-12-17-29-75(65)80(76)51-18-6-5-7-19-51)54-36-40-58-60-42-38-56(48-70(60)78(3,4)68(58)46-54)82-73-27-15-10-22-63(73)64-23-11-16-28-74(64)82/h5-48H,1-4H3. The number of hydrogen-bond acceptors (Lipinski definition) is 1. The lowest BCUT2D eigenvalue weighted by molar-refractivity contribution is 0.659. The fraction of sp³-hybridized carbons (Fsp3) is 0.0769. The van der Waals surface area contributed by atoms with E-state index in [1.54, 1.807) is 0 Å². The van der Waals surface area contributed by atoms with Crippen LogP contribution >= 0.6 is 0 Å². The Hall–Kier alpha value is -10.2. The van der Waals surface area contributed by atoms with E-state index in [9.17, 15) is 0 Å². The Morgan fingerprint density at radius 1 is 0.244 bits per heavy atom. The highest BCUT2D eigenvalue weighted by Crippen LogP contribution is 2.54. The lowest BCUT2D eigenvalue weighted by Crippen LogP contribution is -2.18. The maximum absolute atomic E-state index is 2.49. The zero-order valence-corrected chi connectivity index (χ0v) is 46.2. The third-order valence-corrected chi connectivity index (χ3v) is 18.6. The summed E-state index contributed by atoms with van der Waals surface area (Å²) in [5.74, 6) is 0. The van der Waals surface area contributed by atoms with Crippen molar-refractivity contribution in [1.82, 2.24) is 13.7 Å². The smallest absolute Gasteiger partial charge is 0.0541 e. The zero-order chi connectivity index (χ0) is 54.6. The van der Waals surface area contributed by atoms with Gasteiger partial charge in [0.1, 0.15) is 0 Å². The molecule has 0 spiro atoms. The Morgan fingerprint density at radius 2 is 0.573 bits per heavy atom. The molecule has 4 heteroatoms. The summed E-state index contributed by atoms with van der Waals surface area (Å²) in [6.45, 7) is 9.64. The largest absolute Gasteiger partial charge is 0.310 e. The van der Waals surface area contributed by atoms with E-state index >= 15 is 0 Å². The van der Waals surface area contributed by atoms with E-state index in [2.05, 4.69) is 313 Å². The molecule has 2 aliphatic rings. The molecule has 0 aliphatic heterocycles. The average Bonchev–Trinajstić information content (AvgIpc) is 4.46. The van der Waals surface area contributed by atoms with Crippen molar-refractivity contribution < 1.29 is 0 Å². The summed E-state index contributed by atoms with van der Waals surface area (Å²) >= 11 is 0. The lowest BCUT2D eigenvalue weighted by atomic mass is 9.81. The summed E-state index contributed by atoms with van der Waals surface area (Å²) in [4.78, 5) is 2.49. The quantitative estimate of drug-likeness (QED) is 0.156. The minimum Gasteiger partial charge on any atom is -0.310 e. The monoisotopic (exact) mass is 1050 g/mol. The van der Waals surface area contributed by atoms with Crippen molar-refractivity contribution in [2.24, 2.45) is 0 Å². The number of para-hydroxylation sites is 6. The van der Waals surface area contributed by atoms with Crippen LogP contribution < -0.4 is 4.90 Å². The maximum Gasteiger partial charge on any atom is 0.0541 e. The highest BCUT2D eigenvalue weighted by molar-refractivity contribution is 6.12. The van der Waals surface area contributed by atoms with Gasteiger partial charge in [0.15, 0.2) is 0 Å². The van der Waals surface area contributed by atoms with Crippen molar-refractivity contribution >= 4 is 82.5 Å². The van der Waals surface area contributed by atoms with Gasteiger partial charge in [-0.2, -0.15) is 0 Å². The number of rotatable bonds is 7. The first-order valence-corrected chi connectivity index (χ1v) is 28.7. The third-order valence-electron chi connectivity index (χ3n) is 18.6. The number of hydrogen-bond donors (Lipinski definition) is 0. The van der Waals surface area contributed by atoms with Crippen molar-refractivity contribution in [2.75, 3.05) is 4.90 Å². The van der Waals surface area contributed by atoms with Crippen LogP contribution in [0.2, 0.25) is 0 Å². The van der Waals surface area contributed by atoms with Gasteiger partial charge in [0.05, 0.1) is 33.1 Å². The number of fused-ring (bicyclic) bond motifs is 15. The Bertz CT molecular complexity index is 4830. The fourth-order valence-electron chi connectivity index (χ4n) is 14.6. The van der Waals surface area contributed by atoms with E-state index in [4.69, 9.17) is 0 Å². The van der Waals surface area contributed by atoms with Crippen molar-refractivity contribution in [2.45, 2.75) is 38.5 Å². The van der Waals surface area contributed by atoms with E-state index in [1.807, 2.05) is 0 Å². The summed E-state index contributed by atoms with van der Waals surface area (Å²) in [5, 5.41) is 7.59. The number of benzene rings is 12. The van der Waals surface area contributed by atoms with Crippen LogP contribution in [0.3, 0.4) is 0 Å². The van der Waals surface area contributed by atoms with Gasteiger partial charge in [0, 0.05) is 77.3 Å². The van der Waals surface area contributed by atoms with Crippen LogP contribution in [0.5, 0.6) is 0 Å². The van der Waals surface area contributed by atoms with Crippen LogP contribution in [-0.4, -0.2) is 13.7 Å². The molecule has 0 bridgehead atoms. The first kappa shape index (κ1) is 46.7. The zero-order valence-electron chi connectivity index (χ0n) is 46.2. The summed E-state index contributed by atoms with van der Waals surface area (Å²) in [7, 11) is 0. The molecule has 12 aromatic carbocycles. The SMILES string of the molecule is CC1(C)c2cc(N(c3ccc(-c4ccc5c(c4)c4ccccc4n5-c4ccccc4)cc3)c3ccc4c(c3)C(C)(C)c3cc(-n5c6ccccc6c6ccccc65)ccc3-4)ccc2-c2ccc(-n3c4ccccc4c4ccccc43)cc21. The van der Waals surface area contributed by atoms with Gasteiger partial charge in [0.25, 0.3) is 0 Å². The highest BCUT2D eigenvalue weighted by Gasteiger charge is 2.39.